The molecule has 12 nitrogen and oxygen atoms in total. The number of carbonyl (C=O) groups is 6. The van der Waals surface area contributed by atoms with E-state index in [9.17, 15) is 59.4 Å². The molecule has 0 aromatic heterocycles. The van der Waals surface area contributed by atoms with Crippen molar-refractivity contribution in [3.63, 3.8) is 0 Å². The summed E-state index contributed by atoms with van der Waals surface area (Å²) in [5.41, 5.74) is -7.83. The van der Waals surface area contributed by atoms with E-state index in [0.717, 1.165) is 0 Å². The minimum Gasteiger partial charge on any atom is -0.478 e. The lowest BCUT2D eigenvalue weighted by Crippen LogP contribution is -2.21. The second-order valence-electron chi connectivity index (χ2n) is 7.95. The zero-order valence-electron chi connectivity index (χ0n) is 18.8. The molecule has 0 saturated heterocycles. The summed E-state index contributed by atoms with van der Waals surface area (Å²) in [5.74, 6) is -12.0. The fraction of sp³-hybridized carbons (Fsp3) is 0. The van der Waals surface area contributed by atoms with Crippen LogP contribution in [-0.2, 0) is 0 Å². The van der Waals surface area contributed by atoms with Gasteiger partial charge in [-0.15, -0.1) is 0 Å². The second-order valence-corrected chi connectivity index (χ2v) is 7.95. The highest BCUT2D eigenvalue weighted by Crippen LogP contribution is 2.43. The zero-order valence-corrected chi connectivity index (χ0v) is 18.8. The van der Waals surface area contributed by atoms with E-state index in [1.165, 1.54) is 18.2 Å². The Morgan fingerprint density at radius 3 is 1.50 bits per heavy atom. The first-order chi connectivity index (χ1) is 17.9. The lowest BCUT2D eigenvalue weighted by Gasteiger charge is -2.21. The van der Waals surface area contributed by atoms with Crippen molar-refractivity contribution >= 4 is 57.4 Å². The van der Waals surface area contributed by atoms with Crippen molar-refractivity contribution in [1.29, 1.82) is 0 Å². The number of benzene rings is 4. The van der Waals surface area contributed by atoms with Crippen LogP contribution in [0.25, 0.3) is 32.7 Å². The second kappa shape index (κ2) is 9.02. The normalized spacial score (nSPS) is 10.8. The molecule has 0 atom stereocenters. The summed E-state index contributed by atoms with van der Waals surface area (Å²) in [5, 5.41) is 58.7. The van der Waals surface area contributed by atoms with E-state index in [1.54, 1.807) is 24.3 Å². The highest BCUT2D eigenvalue weighted by Gasteiger charge is 2.37. The summed E-state index contributed by atoms with van der Waals surface area (Å²) >= 11 is 0. The van der Waals surface area contributed by atoms with Crippen LogP contribution in [0.3, 0.4) is 0 Å². The first kappa shape index (κ1) is 25.3. The van der Waals surface area contributed by atoms with E-state index in [2.05, 4.69) is 0 Å². The van der Waals surface area contributed by atoms with Crippen LogP contribution in [0.5, 0.6) is 0 Å². The van der Waals surface area contributed by atoms with E-state index in [-0.39, 0.29) is 5.56 Å². The molecule has 38 heavy (non-hydrogen) atoms. The molecule has 0 heterocycles. The maximum absolute atomic E-state index is 12.5. The predicted molar refractivity (Wildman–Crippen MR) is 129 cm³/mol. The first-order valence-electron chi connectivity index (χ1n) is 10.5. The lowest BCUT2D eigenvalue weighted by molar-refractivity contribution is 0.0631. The van der Waals surface area contributed by atoms with Crippen molar-refractivity contribution in [3.05, 3.63) is 81.9 Å². The van der Waals surface area contributed by atoms with Gasteiger partial charge in [-0.1, -0.05) is 42.5 Å². The molecule has 0 fully saturated rings. The van der Waals surface area contributed by atoms with Gasteiger partial charge < -0.3 is 30.6 Å². The maximum atomic E-state index is 12.5. The van der Waals surface area contributed by atoms with Crippen LogP contribution in [0.1, 0.15) is 62.1 Å². The number of fused-ring (bicyclic) bond motifs is 2. The third kappa shape index (κ3) is 3.73. The molecule has 0 spiro atoms. The highest BCUT2D eigenvalue weighted by molar-refractivity contribution is 6.29. The third-order valence-electron chi connectivity index (χ3n) is 5.96. The number of hydrogen-bond donors (Lipinski definition) is 6. The van der Waals surface area contributed by atoms with E-state index in [1.807, 2.05) is 0 Å². The number of carboxylic acid groups (broad SMARTS) is 6. The van der Waals surface area contributed by atoms with Crippen LogP contribution >= 0.6 is 0 Å². The SMILES string of the molecule is O=C(O)c1cc2c(-c3cccc4ccccc34)c(C(=O)O)c(C(=O)O)c(C(=O)O)c2c(C(=O)O)c1C(=O)O. The number of aromatic carboxylic acids is 6. The number of carboxylic acids is 6. The summed E-state index contributed by atoms with van der Waals surface area (Å²) in [6, 6.07) is 11.5. The van der Waals surface area contributed by atoms with Gasteiger partial charge in [-0.3, -0.25) is 0 Å². The van der Waals surface area contributed by atoms with Crippen molar-refractivity contribution in [2.75, 3.05) is 0 Å². The largest absolute Gasteiger partial charge is 0.478 e. The Morgan fingerprint density at radius 1 is 0.474 bits per heavy atom. The molecule has 4 rings (SSSR count). The third-order valence-corrected chi connectivity index (χ3v) is 5.96. The highest BCUT2D eigenvalue weighted by atomic mass is 16.4. The molecule has 0 aliphatic heterocycles. The predicted octanol–water partition coefficient (Wildman–Crippen LogP) is 3.85. The smallest absolute Gasteiger partial charge is 0.337 e. The fourth-order valence-corrected chi connectivity index (χ4v) is 4.62. The summed E-state index contributed by atoms with van der Waals surface area (Å²) in [6.45, 7) is 0. The van der Waals surface area contributed by atoms with Crippen LogP contribution in [0.2, 0.25) is 0 Å². The van der Waals surface area contributed by atoms with Crippen LogP contribution in [0.4, 0.5) is 0 Å². The van der Waals surface area contributed by atoms with Crippen molar-refractivity contribution in [1.82, 2.24) is 0 Å². The molecular formula is C26H14O12. The lowest BCUT2D eigenvalue weighted by atomic mass is 9.80. The average molecular weight is 518 g/mol. The molecule has 4 aromatic rings. The Hall–Kier alpha value is -5.78. The Kier molecular flexibility index (Phi) is 6.01. The van der Waals surface area contributed by atoms with E-state index in [4.69, 9.17) is 0 Å². The molecule has 0 saturated carbocycles. The topological polar surface area (TPSA) is 224 Å². The maximum Gasteiger partial charge on any atom is 0.337 e. The van der Waals surface area contributed by atoms with Gasteiger partial charge >= 0.3 is 35.8 Å². The van der Waals surface area contributed by atoms with Gasteiger partial charge in [0.25, 0.3) is 0 Å². The minimum absolute atomic E-state index is 0.0145. The molecule has 0 unspecified atom stereocenters. The summed E-state index contributed by atoms with van der Waals surface area (Å²) < 4.78 is 0. The molecule has 190 valence electrons. The van der Waals surface area contributed by atoms with Gasteiger partial charge in [0, 0.05) is 10.9 Å². The molecule has 0 aliphatic carbocycles. The van der Waals surface area contributed by atoms with Gasteiger partial charge in [0.2, 0.25) is 0 Å². The first-order valence-corrected chi connectivity index (χ1v) is 10.5. The number of rotatable bonds is 7. The molecule has 12 heteroatoms. The van der Waals surface area contributed by atoms with E-state index < -0.39 is 85.5 Å². The molecule has 0 radical (unpaired) electrons. The van der Waals surface area contributed by atoms with Crippen molar-refractivity contribution < 1.29 is 59.4 Å². The fourth-order valence-electron chi connectivity index (χ4n) is 4.62. The Labute approximate surface area is 210 Å². The van der Waals surface area contributed by atoms with Crippen molar-refractivity contribution in [3.8, 4) is 11.1 Å². The summed E-state index contributed by atoms with van der Waals surface area (Å²) in [4.78, 5) is 73.6. The average Bonchev–Trinajstić information content (AvgIpc) is 2.84. The standard InChI is InChI=1S/C26H14O12/c27-21(28)13-8-12-14(11-7-3-5-9-4-1-2-6-10(9)11)17(23(31)32)20(26(37)38)19(25(35)36)15(12)18(24(33)34)16(13)22(29)30/h1-8H,(H,27,28)(H,29,30)(H,31,32)(H,33,34)(H,35,36)(H,37,38). The van der Waals surface area contributed by atoms with Crippen LogP contribution < -0.4 is 0 Å². The Balaban J connectivity index is 2.54. The van der Waals surface area contributed by atoms with Gasteiger partial charge in [0.1, 0.15) is 0 Å². The van der Waals surface area contributed by atoms with Gasteiger partial charge in [0.15, 0.2) is 0 Å². The van der Waals surface area contributed by atoms with E-state index in [0.29, 0.717) is 16.8 Å². The van der Waals surface area contributed by atoms with Gasteiger partial charge in [0.05, 0.1) is 33.4 Å². The minimum atomic E-state index is -2.07. The molecule has 6 N–H and O–H groups in total. The van der Waals surface area contributed by atoms with Crippen LogP contribution in [0, 0.1) is 0 Å². The van der Waals surface area contributed by atoms with Gasteiger partial charge in [-0.05, 0) is 27.8 Å². The van der Waals surface area contributed by atoms with Crippen molar-refractivity contribution in [2.45, 2.75) is 0 Å². The molecule has 0 bridgehead atoms. The molecular weight excluding hydrogens is 504 g/mol. The van der Waals surface area contributed by atoms with Crippen LogP contribution in [-0.4, -0.2) is 66.5 Å². The molecule has 0 amide bonds. The monoisotopic (exact) mass is 518 g/mol. The zero-order chi connectivity index (χ0) is 28.0. The quantitative estimate of drug-likeness (QED) is 0.205. The van der Waals surface area contributed by atoms with E-state index >= 15 is 0 Å². The van der Waals surface area contributed by atoms with Gasteiger partial charge in [-0.2, -0.15) is 0 Å². The molecule has 4 aromatic carbocycles. The summed E-state index contributed by atoms with van der Waals surface area (Å²) in [7, 11) is 0. The van der Waals surface area contributed by atoms with Crippen LogP contribution in [0.15, 0.2) is 48.5 Å². The Bertz CT molecular complexity index is 1760. The summed E-state index contributed by atoms with van der Waals surface area (Å²) in [6.07, 6.45) is 0. The Morgan fingerprint density at radius 2 is 0.974 bits per heavy atom. The van der Waals surface area contributed by atoms with Crippen molar-refractivity contribution in [2.24, 2.45) is 0 Å². The molecule has 0 aliphatic rings. The number of hydrogen-bond acceptors (Lipinski definition) is 6. The van der Waals surface area contributed by atoms with Gasteiger partial charge in [-0.25, -0.2) is 28.8 Å².